The van der Waals surface area contributed by atoms with Gasteiger partial charge >= 0.3 is 6.18 Å². The summed E-state index contributed by atoms with van der Waals surface area (Å²) in [6.45, 7) is 0. The molecule has 2 aromatic rings. The quantitative estimate of drug-likeness (QED) is 0.746. The van der Waals surface area contributed by atoms with Gasteiger partial charge in [0.05, 0.1) is 16.8 Å². The minimum absolute atomic E-state index is 0.0401. The summed E-state index contributed by atoms with van der Waals surface area (Å²) in [7, 11) is 0. The number of rotatable bonds is 2. The van der Waals surface area contributed by atoms with Gasteiger partial charge in [-0.3, -0.25) is 0 Å². The van der Waals surface area contributed by atoms with Crippen molar-refractivity contribution in [2.24, 2.45) is 0 Å². The number of nitriles is 1. The van der Waals surface area contributed by atoms with Crippen LogP contribution in [0.3, 0.4) is 0 Å². The Morgan fingerprint density at radius 1 is 1.14 bits per heavy atom. The second-order valence-corrected chi connectivity index (χ2v) is 4.95. The van der Waals surface area contributed by atoms with Crippen LogP contribution >= 0.6 is 15.9 Å². The Labute approximate surface area is 126 Å². The molecule has 0 aliphatic rings. The lowest BCUT2D eigenvalue weighted by Gasteiger charge is -2.13. The molecule has 7 heteroatoms. The standard InChI is InChI=1S/C14H7BrF4N2/c15-11-2-1-3-13(9(11)7-20)21-8-4-5-12(16)10(6-8)14(17,18)19/h1-6,21H. The number of alkyl halides is 3. The second-order valence-electron chi connectivity index (χ2n) is 4.09. The van der Waals surface area contributed by atoms with E-state index in [1.807, 2.05) is 6.07 Å². The molecule has 0 fully saturated rings. The molecular formula is C14H7BrF4N2. The molecule has 0 amide bonds. The second kappa shape index (κ2) is 5.74. The van der Waals surface area contributed by atoms with E-state index in [0.717, 1.165) is 6.07 Å². The minimum atomic E-state index is -4.78. The van der Waals surface area contributed by atoms with E-state index in [1.165, 1.54) is 6.07 Å². The zero-order chi connectivity index (χ0) is 15.6. The largest absolute Gasteiger partial charge is 0.419 e. The topological polar surface area (TPSA) is 35.8 Å². The molecule has 1 N–H and O–H groups in total. The molecule has 2 aromatic carbocycles. The van der Waals surface area contributed by atoms with Crippen LogP contribution in [0.5, 0.6) is 0 Å². The minimum Gasteiger partial charge on any atom is -0.354 e. The van der Waals surface area contributed by atoms with Crippen LogP contribution < -0.4 is 5.32 Å². The van der Waals surface area contributed by atoms with Gasteiger partial charge in [0.15, 0.2) is 0 Å². The lowest BCUT2D eigenvalue weighted by Crippen LogP contribution is -2.08. The Morgan fingerprint density at radius 3 is 2.48 bits per heavy atom. The van der Waals surface area contributed by atoms with Crippen LogP contribution in [0.1, 0.15) is 11.1 Å². The number of halogens is 5. The van der Waals surface area contributed by atoms with E-state index in [0.29, 0.717) is 16.2 Å². The summed E-state index contributed by atoms with van der Waals surface area (Å²) >= 11 is 3.18. The fourth-order valence-corrected chi connectivity index (χ4v) is 2.17. The van der Waals surface area contributed by atoms with E-state index in [-0.39, 0.29) is 11.3 Å². The first-order valence-corrected chi connectivity index (χ1v) is 6.44. The average molecular weight is 359 g/mol. The van der Waals surface area contributed by atoms with E-state index in [2.05, 4.69) is 21.2 Å². The lowest BCUT2D eigenvalue weighted by atomic mass is 10.1. The first-order valence-electron chi connectivity index (χ1n) is 5.65. The maximum absolute atomic E-state index is 13.2. The van der Waals surface area contributed by atoms with E-state index in [9.17, 15) is 17.6 Å². The normalized spacial score (nSPS) is 11.0. The van der Waals surface area contributed by atoms with Crippen molar-refractivity contribution >= 4 is 27.3 Å². The number of hydrogen-bond donors (Lipinski definition) is 1. The van der Waals surface area contributed by atoms with Gasteiger partial charge in [-0.25, -0.2) is 4.39 Å². The summed E-state index contributed by atoms with van der Waals surface area (Å²) in [5.41, 5.74) is -0.749. The molecule has 0 atom stereocenters. The Morgan fingerprint density at radius 2 is 1.86 bits per heavy atom. The zero-order valence-electron chi connectivity index (χ0n) is 10.3. The third-order valence-corrected chi connectivity index (χ3v) is 3.34. The Hall–Kier alpha value is -2.07. The van der Waals surface area contributed by atoms with Crippen molar-refractivity contribution in [3.8, 4) is 6.07 Å². The number of hydrogen-bond acceptors (Lipinski definition) is 2. The van der Waals surface area contributed by atoms with Crippen LogP contribution in [0.2, 0.25) is 0 Å². The van der Waals surface area contributed by atoms with Gasteiger partial charge in [0.25, 0.3) is 0 Å². The van der Waals surface area contributed by atoms with Crippen LogP contribution in [0.25, 0.3) is 0 Å². The maximum Gasteiger partial charge on any atom is 0.419 e. The molecule has 2 nitrogen and oxygen atoms in total. The molecule has 0 saturated carbocycles. The molecule has 0 bridgehead atoms. The summed E-state index contributed by atoms with van der Waals surface area (Å²) in [5.74, 6) is -1.34. The highest BCUT2D eigenvalue weighted by molar-refractivity contribution is 9.10. The van der Waals surface area contributed by atoms with Gasteiger partial charge in [-0.15, -0.1) is 0 Å². The smallest absolute Gasteiger partial charge is 0.354 e. The molecule has 0 unspecified atom stereocenters. The molecule has 0 radical (unpaired) electrons. The van der Waals surface area contributed by atoms with Crippen molar-refractivity contribution in [1.29, 1.82) is 5.26 Å². The maximum atomic E-state index is 13.2. The fraction of sp³-hybridized carbons (Fsp3) is 0.0714. The monoisotopic (exact) mass is 358 g/mol. The van der Waals surface area contributed by atoms with E-state index >= 15 is 0 Å². The molecule has 108 valence electrons. The molecule has 21 heavy (non-hydrogen) atoms. The molecular weight excluding hydrogens is 352 g/mol. The summed E-state index contributed by atoms with van der Waals surface area (Å²) in [5, 5.41) is 11.7. The zero-order valence-corrected chi connectivity index (χ0v) is 11.9. The average Bonchev–Trinajstić information content (AvgIpc) is 2.40. The van der Waals surface area contributed by atoms with Crippen LogP contribution in [0.4, 0.5) is 28.9 Å². The summed E-state index contributed by atoms with van der Waals surface area (Å²) in [6, 6.07) is 9.31. The van der Waals surface area contributed by atoms with E-state index in [1.54, 1.807) is 18.2 Å². The van der Waals surface area contributed by atoms with Gasteiger partial charge in [0, 0.05) is 10.2 Å². The number of benzene rings is 2. The number of nitrogens with zero attached hydrogens (tertiary/aromatic N) is 1. The predicted octanol–water partition coefficient (Wildman–Crippen LogP) is 5.22. The van der Waals surface area contributed by atoms with Gasteiger partial charge < -0.3 is 5.32 Å². The molecule has 0 spiro atoms. The van der Waals surface area contributed by atoms with Crippen molar-refractivity contribution in [1.82, 2.24) is 0 Å². The Kier molecular flexibility index (Phi) is 4.19. The molecule has 0 heterocycles. The third-order valence-electron chi connectivity index (χ3n) is 2.68. The molecule has 0 aromatic heterocycles. The van der Waals surface area contributed by atoms with Crippen molar-refractivity contribution in [3.05, 3.63) is 57.8 Å². The lowest BCUT2D eigenvalue weighted by molar-refractivity contribution is -0.139. The Bertz CT molecular complexity index is 720. The summed E-state index contributed by atoms with van der Waals surface area (Å²) in [4.78, 5) is 0. The summed E-state index contributed by atoms with van der Waals surface area (Å²) in [6.07, 6.45) is -4.78. The fourth-order valence-electron chi connectivity index (χ4n) is 1.72. The summed E-state index contributed by atoms with van der Waals surface area (Å²) < 4.78 is 51.7. The molecule has 0 saturated heterocycles. The van der Waals surface area contributed by atoms with Gasteiger partial charge in [0.2, 0.25) is 0 Å². The number of anilines is 2. The third kappa shape index (κ3) is 3.34. The highest BCUT2D eigenvalue weighted by Crippen LogP contribution is 2.34. The van der Waals surface area contributed by atoms with Crippen LogP contribution in [0, 0.1) is 17.1 Å². The van der Waals surface area contributed by atoms with Gasteiger partial charge in [-0.1, -0.05) is 6.07 Å². The Balaban J connectivity index is 2.42. The molecule has 0 aliphatic heterocycles. The van der Waals surface area contributed by atoms with Crippen LogP contribution in [-0.2, 0) is 6.18 Å². The SMILES string of the molecule is N#Cc1c(Br)cccc1Nc1ccc(F)c(C(F)(F)F)c1. The van der Waals surface area contributed by atoms with Crippen molar-refractivity contribution in [2.45, 2.75) is 6.18 Å². The van der Waals surface area contributed by atoms with Crippen molar-refractivity contribution in [2.75, 3.05) is 5.32 Å². The molecule has 0 aliphatic carbocycles. The first kappa shape index (κ1) is 15.3. The first-order chi connectivity index (χ1) is 9.82. The van der Waals surface area contributed by atoms with Gasteiger partial charge in [-0.05, 0) is 46.3 Å². The van der Waals surface area contributed by atoms with Gasteiger partial charge in [-0.2, -0.15) is 18.4 Å². The predicted molar refractivity (Wildman–Crippen MR) is 73.5 cm³/mol. The van der Waals surface area contributed by atoms with Crippen molar-refractivity contribution < 1.29 is 17.6 Å². The van der Waals surface area contributed by atoms with E-state index in [4.69, 9.17) is 5.26 Å². The van der Waals surface area contributed by atoms with E-state index < -0.39 is 17.6 Å². The highest BCUT2D eigenvalue weighted by Gasteiger charge is 2.34. The highest BCUT2D eigenvalue weighted by atomic mass is 79.9. The number of nitrogens with one attached hydrogen (secondary N) is 1. The van der Waals surface area contributed by atoms with Gasteiger partial charge in [0.1, 0.15) is 11.9 Å². The van der Waals surface area contributed by atoms with Crippen LogP contribution in [0.15, 0.2) is 40.9 Å². The van der Waals surface area contributed by atoms with Crippen molar-refractivity contribution in [3.63, 3.8) is 0 Å². The molecule has 2 rings (SSSR count). The van der Waals surface area contributed by atoms with Crippen LogP contribution in [-0.4, -0.2) is 0 Å².